The van der Waals surface area contributed by atoms with Crippen LogP contribution in [0.5, 0.6) is 0 Å². The Morgan fingerprint density at radius 1 is 0.900 bits per heavy atom. The Morgan fingerprint density at radius 3 is 1.10 bits per heavy atom. The summed E-state index contributed by atoms with van der Waals surface area (Å²) in [6.45, 7) is 8.96. The summed E-state index contributed by atoms with van der Waals surface area (Å²) in [5.41, 5.74) is 0. The number of thiol groups is 1. The average Bonchev–Trinajstić information content (AvgIpc) is 1.93. The van der Waals surface area contributed by atoms with E-state index in [-0.39, 0.29) is 8.80 Å². The lowest BCUT2D eigenvalue weighted by atomic mass is 10.9. The van der Waals surface area contributed by atoms with Crippen LogP contribution in [0.3, 0.4) is 0 Å². The Balaban J connectivity index is 0. The molecule has 0 spiro atoms. The molecule has 0 radical (unpaired) electrons. The Labute approximate surface area is 73.4 Å². The van der Waals surface area contributed by atoms with Gasteiger partial charge >= 0.3 is 0 Å². The molecule has 0 aliphatic rings. The molecular weight excluding hydrogens is 156 g/mol. The first-order valence-corrected chi connectivity index (χ1v) is 7.45. The van der Waals surface area contributed by atoms with Crippen molar-refractivity contribution in [3.8, 4) is 0 Å². The second-order valence-electron chi connectivity index (χ2n) is 2.41. The minimum Gasteiger partial charge on any atom is -0.180 e. The van der Waals surface area contributed by atoms with Gasteiger partial charge in [0.15, 0.2) is 0 Å². The van der Waals surface area contributed by atoms with E-state index in [1.54, 1.807) is 0 Å². The molecule has 0 atom stereocenters. The van der Waals surface area contributed by atoms with Gasteiger partial charge in [0.25, 0.3) is 0 Å². The molecule has 0 saturated carbocycles. The standard InChI is InChI=1S/C6H16Si.C2H6S/c1-4-7(5-2)6-3;1-2-3/h7H,4-6H2,1-3H3;3H,2H2,1H3. The summed E-state index contributed by atoms with van der Waals surface area (Å²) in [6, 6.07) is 4.48. The molecule has 0 amide bonds. The number of rotatable bonds is 3. The molecule has 0 aliphatic carbocycles. The van der Waals surface area contributed by atoms with Crippen LogP contribution in [0.15, 0.2) is 0 Å². The smallest absolute Gasteiger partial charge is 0.0359 e. The summed E-state index contributed by atoms with van der Waals surface area (Å²) in [5.74, 6) is 0.944. The molecule has 0 aromatic carbocycles. The SMILES string of the molecule is CCS.CC[SiH](CC)CC. The van der Waals surface area contributed by atoms with Gasteiger partial charge in [0.1, 0.15) is 0 Å². The summed E-state index contributed by atoms with van der Waals surface area (Å²) < 4.78 is 0. The second-order valence-corrected chi connectivity index (χ2v) is 7.22. The normalized spacial score (nSPS) is 9.00. The predicted molar refractivity (Wildman–Crippen MR) is 58.1 cm³/mol. The Morgan fingerprint density at radius 2 is 1.10 bits per heavy atom. The second kappa shape index (κ2) is 12.3. The molecule has 0 fully saturated rings. The van der Waals surface area contributed by atoms with Gasteiger partial charge in [-0.05, 0) is 5.75 Å². The van der Waals surface area contributed by atoms with E-state index in [0.717, 1.165) is 5.75 Å². The third-order valence-corrected chi connectivity index (χ3v) is 5.20. The summed E-state index contributed by atoms with van der Waals surface area (Å²) in [7, 11) is -0.171. The Hall–Kier alpha value is 0.567. The van der Waals surface area contributed by atoms with Crippen molar-refractivity contribution in [2.45, 2.75) is 45.8 Å². The fourth-order valence-corrected chi connectivity index (χ4v) is 2.60. The summed E-state index contributed by atoms with van der Waals surface area (Å²) >= 11 is 3.79. The first-order valence-electron chi connectivity index (χ1n) is 4.37. The van der Waals surface area contributed by atoms with E-state index in [1.807, 2.05) is 6.92 Å². The van der Waals surface area contributed by atoms with Crippen LogP contribution < -0.4 is 0 Å². The third-order valence-electron chi connectivity index (χ3n) is 1.73. The lowest BCUT2D eigenvalue weighted by Crippen LogP contribution is -2.04. The molecule has 64 valence electrons. The van der Waals surface area contributed by atoms with E-state index in [2.05, 4.69) is 33.4 Å². The van der Waals surface area contributed by atoms with Gasteiger partial charge in [-0.25, -0.2) is 0 Å². The van der Waals surface area contributed by atoms with E-state index in [0.29, 0.717) is 0 Å². The molecule has 0 aromatic heterocycles. The zero-order chi connectivity index (χ0) is 8.41. The molecule has 0 rings (SSSR count). The van der Waals surface area contributed by atoms with Crippen molar-refractivity contribution in [2.75, 3.05) is 5.75 Å². The first kappa shape index (κ1) is 13.2. The summed E-state index contributed by atoms with van der Waals surface area (Å²) in [5, 5.41) is 0. The highest BCUT2D eigenvalue weighted by molar-refractivity contribution is 7.80. The fraction of sp³-hybridized carbons (Fsp3) is 1.00. The topological polar surface area (TPSA) is 0 Å². The molecule has 0 heterocycles. The van der Waals surface area contributed by atoms with Gasteiger partial charge in [0.2, 0.25) is 0 Å². The fourth-order valence-electron chi connectivity index (χ4n) is 0.866. The highest BCUT2D eigenvalue weighted by Gasteiger charge is 1.98. The van der Waals surface area contributed by atoms with Crippen LogP contribution in [0.25, 0.3) is 0 Å². The van der Waals surface area contributed by atoms with Crippen LogP contribution >= 0.6 is 12.6 Å². The Kier molecular flexibility index (Phi) is 16.2. The van der Waals surface area contributed by atoms with Crippen molar-refractivity contribution >= 4 is 21.4 Å². The predicted octanol–water partition coefficient (Wildman–Crippen LogP) is 3.21. The van der Waals surface area contributed by atoms with Gasteiger partial charge in [-0.3, -0.25) is 0 Å². The van der Waals surface area contributed by atoms with Crippen molar-refractivity contribution in [2.24, 2.45) is 0 Å². The van der Waals surface area contributed by atoms with Gasteiger partial charge < -0.3 is 0 Å². The van der Waals surface area contributed by atoms with Crippen molar-refractivity contribution < 1.29 is 0 Å². The largest absolute Gasteiger partial charge is 0.180 e. The first-order chi connectivity index (χ1) is 4.76. The number of hydrogen-bond acceptors (Lipinski definition) is 1. The molecule has 10 heavy (non-hydrogen) atoms. The number of hydrogen-bond donors (Lipinski definition) is 1. The molecule has 0 aliphatic heterocycles. The lowest BCUT2D eigenvalue weighted by Gasteiger charge is -2.03. The molecule has 2 heteroatoms. The quantitative estimate of drug-likeness (QED) is 0.498. The van der Waals surface area contributed by atoms with Crippen LogP contribution in [0.4, 0.5) is 0 Å². The Bertz CT molecular complexity index is 39.0. The van der Waals surface area contributed by atoms with Gasteiger partial charge in [-0.1, -0.05) is 45.8 Å². The van der Waals surface area contributed by atoms with E-state index < -0.39 is 0 Å². The molecular formula is C8H22SSi. The molecule has 0 aromatic rings. The van der Waals surface area contributed by atoms with Crippen molar-refractivity contribution in [1.82, 2.24) is 0 Å². The maximum atomic E-state index is 3.79. The van der Waals surface area contributed by atoms with Crippen LogP contribution in [0.1, 0.15) is 27.7 Å². The highest BCUT2D eigenvalue weighted by atomic mass is 32.1. The van der Waals surface area contributed by atoms with Gasteiger partial charge in [-0.2, -0.15) is 12.6 Å². The third kappa shape index (κ3) is 11.4. The zero-order valence-electron chi connectivity index (χ0n) is 7.85. The van der Waals surface area contributed by atoms with Crippen LogP contribution in [-0.4, -0.2) is 14.5 Å². The molecule has 0 bridgehead atoms. The molecule has 0 unspecified atom stereocenters. The highest BCUT2D eigenvalue weighted by Crippen LogP contribution is 2.01. The maximum absolute atomic E-state index is 3.79. The van der Waals surface area contributed by atoms with E-state index in [1.165, 1.54) is 18.1 Å². The maximum Gasteiger partial charge on any atom is 0.0359 e. The minimum absolute atomic E-state index is 0.171. The molecule has 0 nitrogen and oxygen atoms in total. The van der Waals surface area contributed by atoms with E-state index in [9.17, 15) is 0 Å². The van der Waals surface area contributed by atoms with Crippen LogP contribution in [0, 0.1) is 0 Å². The van der Waals surface area contributed by atoms with Crippen LogP contribution in [-0.2, 0) is 0 Å². The van der Waals surface area contributed by atoms with E-state index >= 15 is 0 Å². The summed E-state index contributed by atoms with van der Waals surface area (Å²) in [6.07, 6.45) is 0. The minimum atomic E-state index is -0.171. The van der Waals surface area contributed by atoms with Crippen LogP contribution in [0.2, 0.25) is 18.1 Å². The average molecular weight is 178 g/mol. The van der Waals surface area contributed by atoms with Gasteiger partial charge in [0.05, 0.1) is 0 Å². The van der Waals surface area contributed by atoms with Crippen molar-refractivity contribution in [1.29, 1.82) is 0 Å². The van der Waals surface area contributed by atoms with Crippen molar-refractivity contribution in [3.63, 3.8) is 0 Å². The lowest BCUT2D eigenvalue weighted by molar-refractivity contribution is 1.24. The zero-order valence-corrected chi connectivity index (χ0v) is 9.90. The van der Waals surface area contributed by atoms with E-state index in [4.69, 9.17) is 0 Å². The van der Waals surface area contributed by atoms with Gasteiger partial charge in [0, 0.05) is 8.80 Å². The molecule has 0 saturated heterocycles. The summed E-state index contributed by atoms with van der Waals surface area (Å²) in [4.78, 5) is 0. The van der Waals surface area contributed by atoms with Gasteiger partial charge in [-0.15, -0.1) is 0 Å². The monoisotopic (exact) mass is 178 g/mol. The van der Waals surface area contributed by atoms with Crippen molar-refractivity contribution in [3.05, 3.63) is 0 Å². The molecule has 0 N–H and O–H groups in total.